The monoisotopic (exact) mass is 227 g/mol. The highest BCUT2D eigenvalue weighted by Gasteiger charge is 2.14. The lowest BCUT2D eigenvalue weighted by molar-refractivity contribution is -0.144. The van der Waals surface area contributed by atoms with Gasteiger partial charge in [0.25, 0.3) is 0 Å². The third-order valence-electron chi connectivity index (χ3n) is 1.96. The summed E-state index contributed by atoms with van der Waals surface area (Å²) in [6, 6.07) is 6.64. The summed E-state index contributed by atoms with van der Waals surface area (Å²) in [5.74, 6) is -0.368. The molecule has 2 N–H and O–H groups in total. The number of rotatable bonds is 4. The van der Waals surface area contributed by atoms with E-state index in [1.165, 1.54) is 0 Å². The molecule has 0 radical (unpaired) electrons. The van der Waals surface area contributed by atoms with Gasteiger partial charge in [-0.25, -0.2) is 0 Å². The van der Waals surface area contributed by atoms with Crippen LogP contribution in [0, 0.1) is 0 Å². The fourth-order valence-corrected chi connectivity index (χ4v) is 1.33. The fourth-order valence-electron chi connectivity index (χ4n) is 1.21. The molecule has 0 saturated heterocycles. The van der Waals surface area contributed by atoms with Crippen LogP contribution in [-0.2, 0) is 16.0 Å². The van der Waals surface area contributed by atoms with Gasteiger partial charge in [0.1, 0.15) is 6.04 Å². The lowest BCUT2D eigenvalue weighted by atomic mass is 10.1. The van der Waals surface area contributed by atoms with E-state index in [0.717, 1.165) is 5.56 Å². The molecule has 82 valence electrons. The molecule has 15 heavy (non-hydrogen) atoms. The van der Waals surface area contributed by atoms with E-state index < -0.39 is 6.04 Å². The van der Waals surface area contributed by atoms with Crippen molar-refractivity contribution < 1.29 is 9.53 Å². The van der Waals surface area contributed by atoms with Crippen molar-refractivity contribution in [3.63, 3.8) is 0 Å². The third-order valence-corrected chi connectivity index (χ3v) is 2.21. The number of halogens is 1. The predicted octanol–water partition coefficient (Wildman–Crippen LogP) is 1.77. The van der Waals surface area contributed by atoms with E-state index in [1.54, 1.807) is 19.1 Å². The van der Waals surface area contributed by atoms with Crippen molar-refractivity contribution in [1.29, 1.82) is 0 Å². The van der Waals surface area contributed by atoms with Gasteiger partial charge in [-0.2, -0.15) is 0 Å². The minimum Gasteiger partial charge on any atom is -0.465 e. The number of carbonyl (C=O) groups is 1. The molecular formula is C11H14ClNO2. The van der Waals surface area contributed by atoms with Crippen LogP contribution < -0.4 is 5.73 Å². The molecule has 0 saturated carbocycles. The van der Waals surface area contributed by atoms with Crippen LogP contribution in [0.5, 0.6) is 0 Å². The molecule has 0 aliphatic rings. The Hall–Kier alpha value is -1.06. The van der Waals surface area contributed by atoms with Crippen LogP contribution in [0.15, 0.2) is 24.3 Å². The molecule has 1 aromatic rings. The molecule has 1 unspecified atom stereocenters. The molecule has 1 rings (SSSR count). The normalized spacial score (nSPS) is 12.2. The maximum Gasteiger partial charge on any atom is 0.323 e. The third kappa shape index (κ3) is 3.90. The number of hydrogen-bond donors (Lipinski definition) is 1. The first-order chi connectivity index (χ1) is 7.13. The van der Waals surface area contributed by atoms with Gasteiger partial charge in [-0.1, -0.05) is 23.7 Å². The number of nitrogens with two attached hydrogens (primary N) is 1. The van der Waals surface area contributed by atoms with Crippen LogP contribution in [-0.4, -0.2) is 18.6 Å². The molecule has 1 aromatic carbocycles. The Morgan fingerprint density at radius 2 is 2.07 bits per heavy atom. The van der Waals surface area contributed by atoms with E-state index in [0.29, 0.717) is 18.1 Å². The summed E-state index contributed by atoms with van der Waals surface area (Å²) in [6.45, 7) is 2.11. The summed E-state index contributed by atoms with van der Waals surface area (Å²) >= 11 is 5.74. The van der Waals surface area contributed by atoms with E-state index >= 15 is 0 Å². The number of hydrogen-bond acceptors (Lipinski definition) is 3. The summed E-state index contributed by atoms with van der Waals surface area (Å²) < 4.78 is 4.81. The molecule has 0 spiro atoms. The molecule has 0 heterocycles. The van der Waals surface area contributed by atoms with E-state index in [4.69, 9.17) is 22.1 Å². The van der Waals surface area contributed by atoms with Crippen LogP contribution in [0.3, 0.4) is 0 Å². The largest absolute Gasteiger partial charge is 0.465 e. The van der Waals surface area contributed by atoms with Crippen molar-refractivity contribution in [3.8, 4) is 0 Å². The quantitative estimate of drug-likeness (QED) is 0.798. The minimum absolute atomic E-state index is 0.354. The smallest absolute Gasteiger partial charge is 0.323 e. The zero-order valence-corrected chi connectivity index (χ0v) is 9.33. The molecule has 0 aromatic heterocycles. The SMILES string of the molecule is CCOC(=O)C(N)Cc1ccc(Cl)cc1. The topological polar surface area (TPSA) is 52.3 Å². The van der Waals surface area contributed by atoms with Crippen molar-refractivity contribution >= 4 is 17.6 Å². The molecule has 3 nitrogen and oxygen atoms in total. The second-order valence-corrected chi connectivity index (χ2v) is 3.63. The first-order valence-electron chi connectivity index (χ1n) is 4.80. The van der Waals surface area contributed by atoms with Crippen LogP contribution in [0.25, 0.3) is 0 Å². The predicted molar refractivity (Wildman–Crippen MR) is 59.8 cm³/mol. The zero-order chi connectivity index (χ0) is 11.3. The second-order valence-electron chi connectivity index (χ2n) is 3.19. The first kappa shape index (κ1) is 12.0. The average molecular weight is 228 g/mol. The van der Waals surface area contributed by atoms with E-state index in [9.17, 15) is 4.79 Å². The summed E-state index contributed by atoms with van der Waals surface area (Å²) in [7, 11) is 0. The molecule has 0 fully saturated rings. The molecule has 4 heteroatoms. The molecule has 0 aliphatic heterocycles. The zero-order valence-electron chi connectivity index (χ0n) is 8.57. The first-order valence-corrected chi connectivity index (χ1v) is 5.18. The van der Waals surface area contributed by atoms with Crippen molar-refractivity contribution in [2.75, 3.05) is 6.61 Å². The van der Waals surface area contributed by atoms with Crippen LogP contribution >= 0.6 is 11.6 Å². The Balaban J connectivity index is 2.54. The van der Waals surface area contributed by atoms with Gasteiger partial charge in [-0.05, 0) is 31.0 Å². The Bertz CT molecular complexity index is 324. The highest BCUT2D eigenvalue weighted by molar-refractivity contribution is 6.30. The van der Waals surface area contributed by atoms with E-state index in [-0.39, 0.29) is 5.97 Å². The van der Waals surface area contributed by atoms with Crippen LogP contribution in [0.2, 0.25) is 5.02 Å². The van der Waals surface area contributed by atoms with Gasteiger partial charge in [-0.3, -0.25) is 4.79 Å². The fraction of sp³-hybridized carbons (Fsp3) is 0.364. The number of carbonyl (C=O) groups excluding carboxylic acids is 1. The number of ether oxygens (including phenoxy) is 1. The highest BCUT2D eigenvalue weighted by Crippen LogP contribution is 2.10. The number of esters is 1. The summed E-state index contributed by atoms with van der Waals surface area (Å²) in [6.07, 6.45) is 0.468. The van der Waals surface area contributed by atoms with Gasteiger partial charge in [0.15, 0.2) is 0 Å². The summed E-state index contributed by atoms with van der Waals surface area (Å²) in [5.41, 5.74) is 6.64. The second kappa shape index (κ2) is 5.73. The molecule has 1 atom stereocenters. The van der Waals surface area contributed by atoms with Gasteiger partial charge in [0.2, 0.25) is 0 Å². The Labute approximate surface area is 94.2 Å². The van der Waals surface area contributed by atoms with Crippen LogP contribution in [0.4, 0.5) is 0 Å². The van der Waals surface area contributed by atoms with Gasteiger partial charge >= 0.3 is 5.97 Å². The molecular weight excluding hydrogens is 214 g/mol. The van der Waals surface area contributed by atoms with Crippen molar-refractivity contribution in [3.05, 3.63) is 34.9 Å². The Kier molecular flexibility index (Phi) is 4.59. The van der Waals surface area contributed by atoms with Gasteiger partial charge in [0, 0.05) is 5.02 Å². The van der Waals surface area contributed by atoms with Crippen molar-refractivity contribution in [1.82, 2.24) is 0 Å². The van der Waals surface area contributed by atoms with Crippen molar-refractivity contribution in [2.45, 2.75) is 19.4 Å². The van der Waals surface area contributed by atoms with E-state index in [2.05, 4.69) is 0 Å². The Morgan fingerprint density at radius 1 is 1.47 bits per heavy atom. The van der Waals surface area contributed by atoms with Gasteiger partial charge in [-0.15, -0.1) is 0 Å². The average Bonchev–Trinajstić information content (AvgIpc) is 2.22. The molecule has 0 amide bonds. The maximum atomic E-state index is 11.2. The molecule has 0 bridgehead atoms. The van der Waals surface area contributed by atoms with E-state index in [1.807, 2.05) is 12.1 Å². The highest BCUT2D eigenvalue weighted by atomic mass is 35.5. The van der Waals surface area contributed by atoms with Crippen molar-refractivity contribution in [2.24, 2.45) is 5.73 Å². The standard InChI is InChI=1S/C11H14ClNO2/c1-2-15-11(14)10(13)7-8-3-5-9(12)6-4-8/h3-6,10H,2,7,13H2,1H3. The maximum absolute atomic E-state index is 11.2. The summed E-state index contributed by atoms with van der Waals surface area (Å²) in [4.78, 5) is 11.2. The minimum atomic E-state index is -0.605. The van der Waals surface area contributed by atoms with Gasteiger partial charge in [0.05, 0.1) is 6.61 Å². The Morgan fingerprint density at radius 3 is 2.60 bits per heavy atom. The molecule has 0 aliphatic carbocycles. The summed E-state index contributed by atoms with van der Waals surface area (Å²) in [5, 5.41) is 0.670. The van der Waals surface area contributed by atoms with Crippen LogP contribution in [0.1, 0.15) is 12.5 Å². The lowest BCUT2D eigenvalue weighted by Crippen LogP contribution is -2.34. The van der Waals surface area contributed by atoms with Gasteiger partial charge < -0.3 is 10.5 Å². The lowest BCUT2D eigenvalue weighted by Gasteiger charge is -2.10. The number of benzene rings is 1.